The molecule has 4 aromatic rings. The first-order chi connectivity index (χ1) is 23.6. The maximum Gasteiger partial charge on any atom is 0.264 e. The van der Waals surface area contributed by atoms with Gasteiger partial charge in [0.1, 0.15) is 18.4 Å². The van der Waals surface area contributed by atoms with E-state index in [0.29, 0.717) is 10.8 Å². The molecule has 9 nitrogen and oxygen atoms in total. The molecule has 1 aliphatic rings. The lowest BCUT2D eigenvalue weighted by Gasteiger charge is -2.34. The summed E-state index contributed by atoms with van der Waals surface area (Å²) >= 11 is 6.15. The van der Waals surface area contributed by atoms with Crippen molar-refractivity contribution in [2.45, 2.75) is 55.6 Å². The van der Waals surface area contributed by atoms with Crippen LogP contribution in [0.3, 0.4) is 0 Å². The van der Waals surface area contributed by atoms with Crippen LogP contribution in [-0.4, -0.2) is 58.0 Å². The highest BCUT2D eigenvalue weighted by Gasteiger charge is 2.36. The Labute approximate surface area is 291 Å². The molecule has 1 aliphatic carbocycles. The minimum atomic E-state index is -4.43. The molecule has 2 amide bonds. The van der Waals surface area contributed by atoms with E-state index in [2.05, 4.69) is 5.32 Å². The van der Waals surface area contributed by atoms with Crippen LogP contribution in [0.15, 0.2) is 102 Å². The molecular formula is C37H39ClFN3O6S. The summed E-state index contributed by atoms with van der Waals surface area (Å²) in [5.74, 6) is -1.14. The minimum absolute atomic E-state index is 0.0489. The lowest BCUT2D eigenvalue weighted by molar-refractivity contribution is -0.140. The summed E-state index contributed by atoms with van der Waals surface area (Å²) in [6.07, 6.45) is 3.73. The Hall–Kier alpha value is -4.61. The van der Waals surface area contributed by atoms with E-state index in [-0.39, 0.29) is 46.8 Å². The molecule has 0 saturated heterocycles. The molecule has 0 bridgehead atoms. The quantitative estimate of drug-likeness (QED) is 0.163. The largest absolute Gasteiger partial charge is 0.493 e. The smallest absolute Gasteiger partial charge is 0.264 e. The van der Waals surface area contributed by atoms with Crippen LogP contribution in [0.5, 0.6) is 11.5 Å². The molecule has 0 unspecified atom stereocenters. The predicted molar refractivity (Wildman–Crippen MR) is 187 cm³/mol. The van der Waals surface area contributed by atoms with Gasteiger partial charge in [-0.1, -0.05) is 73.0 Å². The summed E-state index contributed by atoms with van der Waals surface area (Å²) in [4.78, 5) is 29.8. The van der Waals surface area contributed by atoms with Gasteiger partial charge in [-0.3, -0.25) is 13.9 Å². The van der Waals surface area contributed by atoms with Crippen LogP contribution >= 0.6 is 11.6 Å². The average Bonchev–Trinajstić information content (AvgIpc) is 3.63. The molecule has 4 aromatic carbocycles. The maximum absolute atomic E-state index is 15.2. The summed E-state index contributed by atoms with van der Waals surface area (Å²) < 4.78 is 55.5. The third kappa shape index (κ3) is 8.71. The van der Waals surface area contributed by atoms with Gasteiger partial charge in [0.15, 0.2) is 11.5 Å². The maximum atomic E-state index is 15.2. The number of amides is 2. The van der Waals surface area contributed by atoms with Gasteiger partial charge in [-0.05, 0) is 60.9 Å². The van der Waals surface area contributed by atoms with Gasteiger partial charge in [-0.2, -0.15) is 0 Å². The van der Waals surface area contributed by atoms with Gasteiger partial charge < -0.3 is 19.7 Å². The van der Waals surface area contributed by atoms with Gasteiger partial charge in [-0.15, -0.1) is 0 Å². The van der Waals surface area contributed by atoms with Crippen molar-refractivity contribution in [3.63, 3.8) is 0 Å². The van der Waals surface area contributed by atoms with Crippen molar-refractivity contribution in [2.24, 2.45) is 0 Å². The second-order valence-electron chi connectivity index (χ2n) is 11.8. The number of nitrogens with zero attached hydrogens (tertiary/aromatic N) is 2. The Balaban J connectivity index is 1.59. The predicted octanol–water partition coefficient (Wildman–Crippen LogP) is 6.39. The first-order valence-electron chi connectivity index (χ1n) is 16.0. The van der Waals surface area contributed by atoms with Crippen molar-refractivity contribution in [1.82, 2.24) is 10.2 Å². The number of hydrogen-bond donors (Lipinski definition) is 1. The molecule has 0 aromatic heterocycles. The number of nitrogens with one attached hydrogen (secondary N) is 1. The first-order valence-corrected chi connectivity index (χ1v) is 17.8. The molecule has 1 fully saturated rings. The topological polar surface area (TPSA) is 105 Å². The highest BCUT2D eigenvalue weighted by atomic mass is 35.5. The van der Waals surface area contributed by atoms with Crippen molar-refractivity contribution in [1.29, 1.82) is 0 Å². The van der Waals surface area contributed by atoms with Crippen molar-refractivity contribution >= 4 is 39.1 Å². The summed E-state index contributed by atoms with van der Waals surface area (Å²) in [7, 11) is -1.60. The highest BCUT2D eigenvalue weighted by Crippen LogP contribution is 2.33. The number of benzene rings is 4. The second-order valence-corrected chi connectivity index (χ2v) is 14.1. The van der Waals surface area contributed by atoms with E-state index in [0.717, 1.165) is 35.6 Å². The molecule has 0 aliphatic heterocycles. The molecule has 1 saturated carbocycles. The van der Waals surface area contributed by atoms with Gasteiger partial charge in [0, 0.05) is 35.7 Å². The van der Waals surface area contributed by atoms with Crippen molar-refractivity contribution in [3.8, 4) is 11.5 Å². The number of methoxy groups -OCH3 is 2. The Morgan fingerprint density at radius 3 is 2.20 bits per heavy atom. The van der Waals surface area contributed by atoms with Crippen LogP contribution in [0.25, 0.3) is 0 Å². The van der Waals surface area contributed by atoms with Gasteiger partial charge >= 0.3 is 0 Å². The van der Waals surface area contributed by atoms with E-state index >= 15 is 4.39 Å². The van der Waals surface area contributed by atoms with E-state index in [1.54, 1.807) is 12.1 Å². The molecule has 258 valence electrons. The fraction of sp³-hybridized carbons (Fsp3) is 0.297. The monoisotopic (exact) mass is 707 g/mol. The zero-order chi connectivity index (χ0) is 35.0. The Morgan fingerprint density at radius 2 is 1.55 bits per heavy atom. The summed E-state index contributed by atoms with van der Waals surface area (Å²) in [5, 5.41) is 3.47. The van der Waals surface area contributed by atoms with E-state index in [9.17, 15) is 18.0 Å². The number of ether oxygens (including phenoxy) is 2. The number of rotatable bonds is 14. The summed E-state index contributed by atoms with van der Waals surface area (Å²) in [6, 6.07) is 24.2. The van der Waals surface area contributed by atoms with Crippen molar-refractivity contribution in [3.05, 3.63) is 119 Å². The number of halogens is 2. The van der Waals surface area contributed by atoms with E-state index in [4.69, 9.17) is 21.1 Å². The van der Waals surface area contributed by atoms with Crippen LogP contribution in [0, 0.1) is 5.82 Å². The van der Waals surface area contributed by atoms with E-state index < -0.39 is 34.3 Å². The Kier molecular flexibility index (Phi) is 11.8. The molecule has 1 N–H and O–H groups in total. The highest BCUT2D eigenvalue weighted by molar-refractivity contribution is 7.92. The Morgan fingerprint density at radius 1 is 0.898 bits per heavy atom. The molecular weight excluding hydrogens is 669 g/mol. The molecule has 12 heteroatoms. The molecule has 0 radical (unpaired) electrons. The van der Waals surface area contributed by atoms with Crippen LogP contribution in [0.4, 0.5) is 10.1 Å². The molecule has 1 atom stereocenters. The third-order valence-electron chi connectivity index (χ3n) is 8.61. The standard InChI is InChI=1S/C37H39ClFN3O6S/c1-47-34-21-20-31(23-35(34)48-2)49(45,46)42(30-18-16-28(38)17-19-30)25-36(43)41(24-27-12-6-9-15-32(27)39)33(22-26-10-4-3-5-11-26)37(44)40-29-13-7-8-14-29/h3-6,9-12,15-21,23,29,33H,7-8,13-14,22,24-25H2,1-2H3,(H,40,44)/t33-/m1/s1. The van der Waals surface area contributed by atoms with Crippen LogP contribution in [0.2, 0.25) is 5.02 Å². The number of sulfonamides is 1. The number of hydrogen-bond acceptors (Lipinski definition) is 6. The van der Waals surface area contributed by atoms with E-state index in [1.807, 2.05) is 30.3 Å². The van der Waals surface area contributed by atoms with Crippen molar-refractivity contribution < 1.29 is 31.9 Å². The minimum Gasteiger partial charge on any atom is -0.493 e. The van der Waals surface area contributed by atoms with Crippen molar-refractivity contribution in [2.75, 3.05) is 25.1 Å². The Bertz CT molecular complexity index is 1850. The third-order valence-corrected chi connectivity index (χ3v) is 10.6. The molecule has 0 heterocycles. The van der Waals surface area contributed by atoms with Gasteiger partial charge in [0.05, 0.1) is 24.8 Å². The normalized spacial score (nSPS) is 13.8. The van der Waals surface area contributed by atoms with Crippen LogP contribution in [-0.2, 0) is 32.6 Å². The average molecular weight is 708 g/mol. The molecule has 0 spiro atoms. The zero-order valence-electron chi connectivity index (χ0n) is 27.4. The number of carbonyl (C=O) groups is 2. The zero-order valence-corrected chi connectivity index (χ0v) is 28.9. The number of anilines is 1. The number of carbonyl (C=O) groups excluding carboxylic acids is 2. The summed E-state index contributed by atoms with van der Waals surface area (Å²) in [6.45, 7) is -0.972. The fourth-order valence-electron chi connectivity index (χ4n) is 5.97. The van der Waals surface area contributed by atoms with E-state index in [1.165, 1.54) is 73.7 Å². The first kappa shape index (κ1) is 35.7. The SMILES string of the molecule is COc1ccc(S(=O)(=O)N(CC(=O)N(Cc2ccccc2F)[C@H](Cc2ccccc2)C(=O)NC2CCCC2)c2ccc(Cl)cc2)cc1OC. The fourth-order valence-corrected chi connectivity index (χ4v) is 7.53. The lowest BCUT2D eigenvalue weighted by atomic mass is 10.0. The van der Waals surface area contributed by atoms with Crippen LogP contribution < -0.4 is 19.1 Å². The lowest BCUT2D eigenvalue weighted by Crippen LogP contribution is -2.54. The van der Waals surface area contributed by atoms with Crippen LogP contribution in [0.1, 0.15) is 36.8 Å². The molecule has 5 rings (SSSR count). The second kappa shape index (κ2) is 16.2. The van der Waals surface area contributed by atoms with Gasteiger partial charge in [-0.25, -0.2) is 12.8 Å². The molecule has 49 heavy (non-hydrogen) atoms. The summed E-state index contributed by atoms with van der Waals surface area (Å²) in [5.41, 5.74) is 1.13. The van der Waals surface area contributed by atoms with Gasteiger partial charge in [0.25, 0.3) is 10.0 Å². The van der Waals surface area contributed by atoms with Gasteiger partial charge in [0.2, 0.25) is 11.8 Å².